The minimum atomic E-state index is 0.688. The van der Waals surface area contributed by atoms with Gasteiger partial charge >= 0.3 is 0 Å². The van der Waals surface area contributed by atoms with Crippen LogP contribution in [0, 0.1) is 26.7 Å². The molecule has 0 saturated carbocycles. The van der Waals surface area contributed by atoms with E-state index in [0.717, 1.165) is 6.42 Å². The summed E-state index contributed by atoms with van der Waals surface area (Å²) in [5.74, 6) is 0.688. The lowest BCUT2D eigenvalue weighted by molar-refractivity contribution is -0.659. The summed E-state index contributed by atoms with van der Waals surface area (Å²) in [6, 6.07) is 6.89. The molecule has 0 spiro atoms. The number of hydrogen-bond acceptors (Lipinski definition) is 1. The van der Waals surface area contributed by atoms with Crippen molar-refractivity contribution in [3.8, 4) is 11.3 Å². The fourth-order valence-corrected chi connectivity index (χ4v) is 4.56. The summed E-state index contributed by atoms with van der Waals surface area (Å²) in [5.41, 5.74) is 8.30. The summed E-state index contributed by atoms with van der Waals surface area (Å²) in [7, 11) is 2.16. The zero-order valence-corrected chi connectivity index (χ0v) is 15.8. The van der Waals surface area contributed by atoms with Crippen LogP contribution in [-0.2, 0) is 13.5 Å². The molecule has 2 heterocycles. The van der Waals surface area contributed by atoms with E-state index in [-0.39, 0.29) is 0 Å². The zero-order valence-electron chi connectivity index (χ0n) is 15.0. The number of pyridine rings is 1. The molecule has 0 aliphatic rings. The number of thiophene rings is 1. The molecule has 120 valence electrons. The molecule has 23 heavy (non-hydrogen) atoms. The van der Waals surface area contributed by atoms with Crippen LogP contribution in [0.3, 0.4) is 0 Å². The maximum atomic E-state index is 2.35. The van der Waals surface area contributed by atoms with E-state index in [9.17, 15) is 0 Å². The van der Waals surface area contributed by atoms with E-state index in [1.54, 1.807) is 0 Å². The summed E-state index contributed by atoms with van der Waals surface area (Å²) in [6.45, 7) is 11.2. The molecule has 0 aliphatic carbocycles. The lowest BCUT2D eigenvalue weighted by Gasteiger charge is -2.10. The smallest absolute Gasteiger partial charge is 0.200 e. The molecule has 0 bridgehead atoms. The molecule has 0 unspecified atom stereocenters. The normalized spacial score (nSPS) is 11.6. The van der Waals surface area contributed by atoms with E-state index >= 15 is 0 Å². The Kier molecular flexibility index (Phi) is 4.29. The first-order valence-corrected chi connectivity index (χ1v) is 9.23. The van der Waals surface area contributed by atoms with Gasteiger partial charge in [-0.25, -0.2) is 0 Å². The SMILES string of the molecule is Cc1cc(C)c(C)c(-c2c3scc(CC(C)C)c3cc[n+]2C)c1. The molecule has 3 rings (SSSR count). The lowest BCUT2D eigenvalue weighted by Crippen LogP contribution is -2.30. The molecule has 1 nitrogen and oxygen atoms in total. The molecule has 3 aromatic rings. The molecule has 0 saturated heterocycles. The zero-order chi connectivity index (χ0) is 16.7. The van der Waals surface area contributed by atoms with Crippen LogP contribution < -0.4 is 4.57 Å². The minimum absolute atomic E-state index is 0.688. The van der Waals surface area contributed by atoms with Crippen molar-refractivity contribution in [1.82, 2.24) is 0 Å². The summed E-state index contributed by atoms with van der Waals surface area (Å²) in [6.07, 6.45) is 3.37. The maximum absolute atomic E-state index is 2.35. The van der Waals surface area contributed by atoms with Crippen molar-refractivity contribution < 1.29 is 4.57 Å². The van der Waals surface area contributed by atoms with Crippen molar-refractivity contribution in [3.05, 3.63) is 52.0 Å². The first kappa shape index (κ1) is 16.2. The van der Waals surface area contributed by atoms with E-state index in [4.69, 9.17) is 0 Å². The van der Waals surface area contributed by atoms with Crippen LogP contribution in [0.2, 0.25) is 0 Å². The summed E-state index contributed by atoms with van der Waals surface area (Å²) >= 11 is 1.89. The van der Waals surface area contributed by atoms with E-state index in [1.807, 2.05) is 11.3 Å². The quantitative estimate of drug-likeness (QED) is 0.559. The monoisotopic (exact) mass is 324 g/mol. The predicted octanol–water partition coefficient (Wildman–Crippen LogP) is 5.52. The van der Waals surface area contributed by atoms with Crippen molar-refractivity contribution in [2.75, 3.05) is 0 Å². The van der Waals surface area contributed by atoms with Gasteiger partial charge in [0.1, 0.15) is 11.7 Å². The van der Waals surface area contributed by atoms with Crippen LogP contribution in [-0.4, -0.2) is 0 Å². The highest BCUT2D eigenvalue weighted by Crippen LogP contribution is 2.36. The molecule has 0 atom stereocenters. The third-order valence-electron chi connectivity index (χ3n) is 4.64. The van der Waals surface area contributed by atoms with Gasteiger partial charge < -0.3 is 0 Å². The van der Waals surface area contributed by atoms with Gasteiger partial charge in [0, 0.05) is 11.5 Å². The van der Waals surface area contributed by atoms with Crippen LogP contribution in [0.5, 0.6) is 0 Å². The van der Waals surface area contributed by atoms with Gasteiger partial charge in [0.15, 0.2) is 6.20 Å². The van der Waals surface area contributed by atoms with Crippen molar-refractivity contribution in [1.29, 1.82) is 0 Å². The van der Waals surface area contributed by atoms with E-state index in [2.05, 4.69) is 76.0 Å². The number of aryl methyl sites for hydroxylation is 3. The van der Waals surface area contributed by atoms with Gasteiger partial charge in [0.05, 0.1) is 5.56 Å². The summed E-state index contributed by atoms with van der Waals surface area (Å²) in [4.78, 5) is 0. The first-order valence-electron chi connectivity index (χ1n) is 8.35. The average Bonchev–Trinajstić information content (AvgIpc) is 2.85. The Morgan fingerprint density at radius 3 is 2.57 bits per heavy atom. The number of aromatic nitrogens is 1. The van der Waals surface area contributed by atoms with Crippen molar-refractivity contribution in [3.63, 3.8) is 0 Å². The standard InChI is InChI=1S/C21H26NS/c1-13(2)9-17-12-23-21-18(17)7-8-22(6)20(21)19-11-14(3)10-15(4)16(19)5/h7-8,10-13H,9H2,1-6H3/q+1. The van der Waals surface area contributed by atoms with Gasteiger partial charge in [-0.05, 0) is 61.2 Å². The van der Waals surface area contributed by atoms with Crippen molar-refractivity contribution >= 4 is 21.4 Å². The molecular weight excluding hydrogens is 298 g/mol. The van der Waals surface area contributed by atoms with Crippen LogP contribution in [0.1, 0.15) is 36.1 Å². The Bertz CT molecular complexity index is 871. The Morgan fingerprint density at radius 1 is 1.13 bits per heavy atom. The molecule has 1 aromatic carbocycles. The maximum Gasteiger partial charge on any atom is 0.230 e. The lowest BCUT2D eigenvalue weighted by atomic mass is 9.96. The third kappa shape index (κ3) is 2.92. The molecule has 2 heteroatoms. The first-order chi connectivity index (χ1) is 10.9. The Labute approximate surface area is 143 Å². The van der Waals surface area contributed by atoms with E-state index in [1.165, 1.54) is 43.6 Å². The Balaban J connectivity index is 2.30. The number of rotatable bonds is 3. The van der Waals surface area contributed by atoms with Gasteiger partial charge in [-0.3, -0.25) is 0 Å². The molecule has 0 amide bonds. The summed E-state index contributed by atoms with van der Waals surface area (Å²) < 4.78 is 3.69. The summed E-state index contributed by atoms with van der Waals surface area (Å²) in [5, 5.41) is 3.78. The second kappa shape index (κ2) is 6.09. The van der Waals surface area contributed by atoms with Gasteiger partial charge in [0.2, 0.25) is 5.69 Å². The minimum Gasteiger partial charge on any atom is -0.200 e. The predicted molar refractivity (Wildman–Crippen MR) is 101 cm³/mol. The fraction of sp³-hybridized carbons (Fsp3) is 0.381. The number of benzene rings is 1. The molecule has 0 fully saturated rings. The van der Waals surface area contributed by atoms with Crippen LogP contribution in [0.4, 0.5) is 0 Å². The second-order valence-corrected chi connectivity index (χ2v) is 8.01. The van der Waals surface area contributed by atoms with Crippen molar-refractivity contribution in [2.45, 2.75) is 41.0 Å². The molecule has 0 aliphatic heterocycles. The number of hydrogen-bond donors (Lipinski definition) is 0. The fourth-order valence-electron chi connectivity index (χ4n) is 3.39. The number of fused-ring (bicyclic) bond motifs is 1. The molecule has 0 radical (unpaired) electrons. The van der Waals surface area contributed by atoms with Gasteiger partial charge in [0.25, 0.3) is 0 Å². The highest BCUT2D eigenvalue weighted by molar-refractivity contribution is 7.17. The molecular formula is C21H26NS+. The number of nitrogens with zero attached hydrogens (tertiary/aromatic N) is 1. The highest BCUT2D eigenvalue weighted by Gasteiger charge is 2.21. The Morgan fingerprint density at radius 2 is 1.87 bits per heavy atom. The third-order valence-corrected chi connectivity index (χ3v) is 5.69. The van der Waals surface area contributed by atoms with Gasteiger partial charge in [-0.1, -0.05) is 25.5 Å². The topological polar surface area (TPSA) is 3.88 Å². The van der Waals surface area contributed by atoms with Crippen molar-refractivity contribution in [2.24, 2.45) is 13.0 Å². The van der Waals surface area contributed by atoms with Gasteiger partial charge in [-0.2, -0.15) is 4.57 Å². The second-order valence-electron chi connectivity index (χ2n) is 7.13. The van der Waals surface area contributed by atoms with Crippen LogP contribution in [0.25, 0.3) is 21.3 Å². The van der Waals surface area contributed by atoms with E-state index in [0.29, 0.717) is 5.92 Å². The highest BCUT2D eigenvalue weighted by atomic mass is 32.1. The van der Waals surface area contributed by atoms with Crippen LogP contribution >= 0.6 is 11.3 Å². The van der Waals surface area contributed by atoms with E-state index < -0.39 is 0 Å². The Hall–Kier alpha value is -1.67. The molecule has 0 N–H and O–H groups in total. The van der Waals surface area contributed by atoms with Crippen LogP contribution in [0.15, 0.2) is 29.8 Å². The molecule has 2 aromatic heterocycles. The van der Waals surface area contributed by atoms with Gasteiger partial charge in [-0.15, -0.1) is 11.3 Å². The average molecular weight is 325 g/mol. The largest absolute Gasteiger partial charge is 0.230 e.